The number of nitrogens with one attached hydrogen (secondary N) is 2. The van der Waals surface area contributed by atoms with Gasteiger partial charge in [0, 0.05) is 12.7 Å². The monoisotopic (exact) mass is 298 g/mol. The van der Waals surface area contributed by atoms with Crippen LogP contribution >= 0.6 is 0 Å². The number of hydrogen-bond donors (Lipinski definition) is 2. The Morgan fingerprint density at radius 1 is 0.955 bits per heavy atom. The lowest BCUT2D eigenvalue weighted by Crippen LogP contribution is -2.44. The van der Waals surface area contributed by atoms with E-state index in [1.54, 1.807) is 24.3 Å². The fourth-order valence-electron chi connectivity index (χ4n) is 2.10. The molecule has 0 aliphatic rings. The van der Waals surface area contributed by atoms with Crippen molar-refractivity contribution in [2.45, 2.75) is 13.0 Å². The Labute approximate surface area is 129 Å². The molecular weight excluding hydrogens is 280 g/mol. The van der Waals surface area contributed by atoms with E-state index < -0.39 is 12.0 Å². The zero-order valence-corrected chi connectivity index (χ0v) is 12.5. The van der Waals surface area contributed by atoms with Crippen molar-refractivity contribution in [3.8, 4) is 0 Å². The zero-order chi connectivity index (χ0) is 15.9. The quantitative estimate of drug-likeness (QED) is 0.850. The Morgan fingerprint density at radius 3 is 2.23 bits per heavy atom. The van der Waals surface area contributed by atoms with E-state index >= 15 is 0 Å². The molecule has 2 amide bonds. The van der Waals surface area contributed by atoms with E-state index in [0.717, 1.165) is 5.56 Å². The smallest absolute Gasteiger partial charge is 0.272 e. The van der Waals surface area contributed by atoms with Crippen molar-refractivity contribution >= 4 is 11.8 Å². The molecular formula is C17H18N2O3. The van der Waals surface area contributed by atoms with Crippen LogP contribution < -0.4 is 10.9 Å². The van der Waals surface area contributed by atoms with E-state index in [0.29, 0.717) is 11.1 Å². The molecule has 0 aliphatic heterocycles. The van der Waals surface area contributed by atoms with Gasteiger partial charge in [0.2, 0.25) is 0 Å². The fraction of sp³-hybridized carbons (Fsp3) is 0.176. The predicted octanol–water partition coefficient (Wildman–Crippen LogP) is 2.14. The predicted molar refractivity (Wildman–Crippen MR) is 83.0 cm³/mol. The summed E-state index contributed by atoms with van der Waals surface area (Å²) in [5, 5.41) is 0. The summed E-state index contributed by atoms with van der Waals surface area (Å²) >= 11 is 0. The van der Waals surface area contributed by atoms with Crippen LogP contribution in [-0.2, 0) is 9.53 Å². The van der Waals surface area contributed by atoms with Crippen LogP contribution in [0.5, 0.6) is 0 Å². The highest BCUT2D eigenvalue weighted by Gasteiger charge is 2.20. The summed E-state index contributed by atoms with van der Waals surface area (Å²) in [6.07, 6.45) is -0.779. The van der Waals surface area contributed by atoms with Crippen molar-refractivity contribution in [2.24, 2.45) is 0 Å². The molecule has 2 rings (SSSR count). The number of benzene rings is 2. The van der Waals surface area contributed by atoms with Gasteiger partial charge in [0.15, 0.2) is 6.10 Å². The number of hydrogen-bond acceptors (Lipinski definition) is 3. The summed E-state index contributed by atoms with van der Waals surface area (Å²) < 4.78 is 5.20. The third-order valence-electron chi connectivity index (χ3n) is 3.27. The van der Waals surface area contributed by atoms with Gasteiger partial charge in [0.05, 0.1) is 0 Å². The third-order valence-corrected chi connectivity index (χ3v) is 3.27. The molecule has 114 valence electrons. The van der Waals surface area contributed by atoms with Crippen LogP contribution in [0.4, 0.5) is 0 Å². The number of carbonyl (C=O) groups is 2. The molecule has 0 saturated carbocycles. The lowest BCUT2D eigenvalue weighted by molar-refractivity contribution is -0.132. The summed E-state index contributed by atoms with van der Waals surface area (Å²) in [5.41, 5.74) is 6.86. The Kier molecular flexibility index (Phi) is 5.27. The van der Waals surface area contributed by atoms with E-state index in [1.807, 2.05) is 37.3 Å². The molecule has 1 unspecified atom stereocenters. The largest absolute Gasteiger partial charge is 0.367 e. The second-order valence-electron chi connectivity index (χ2n) is 4.78. The van der Waals surface area contributed by atoms with Crippen LogP contribution in [0, 0.1) is 6.92 Å². The molecule has 5 nitrogen and oxygen atoms in total. The minimum Gasteiger partial charge on any atom is -0.367 e. The van der Waals surface area contributed by atoms with Crippen molar-refractivity contribution in [3.05, 3.63) is 71.3 Å². The standard InChI is InChI=1S/C17H18N2O3/c1-12-8-6-7-11-14(12)16(20)18-19-17(21)15(22-2)13-9-4-3-5-10-13/h3-11,15H,1-2H3,(H,18,20)(H,19,21). The summed E-state index contributed by atoms with van der Waals surface area (Å²) in [6.45, 7) is 1.83. The van der Waals surface area contributed by atoms with Gasteiger partial charge in [-0.15, -0.1) is 0 Å². The maximum Gasteiger partial charge on any atom is 0.272 e. The van der Waals surface area contributed by atoms with Crippen molar-refractivity contribution in [1.29, 1.82) is 0 Å². The van der Waals surface area contributed by atoms with E-state index in [9.17, 15) is 9.59 Å². The van der Waals surface area contributed by atoms with Crippen LogP contribution in [0.25, 0.3) is 0 Å². The number of carbonyl (C=O) groups excluding carboxylic acids is 2. The molecule has 0 bridgehead atoms. The topological polar surface area (TPSA) is 67.4 Å². The van der Waals surface area contributed by atoms with Gasteiger partial charge in [-0.2, -0.15) is 0 Å². The van der Waals surface area contributed by atoms with Crippen LogP contribution in [0.1, 0.15) is 27.6 Å². The Hall–Kier alpha value is -2.66. The van der Waals surface area contributed by atoms with E-state index in [1.165, 1.54) is 7.11 Å². The molecule has 1 atom stereocenters. The number of methoxy groups -OCH3 is 1. The van der Waals surface area contributed by atoms with Crippen LogP contribution in [0.15, 0.2) is 54.6 Å². The number of ether oxygens (including phenoxy) is 1. The van der Waals surface area contributed by atoms with Gasteiger partial charge in [-0.3, -0.25) is 20.4 Å². The van der Waals surface area contributed by atoms with Crippen molar-refractivity contribution in [3.63, 3.8) is 0 Å². The zero-order valence-electron chi connectivity index (χ0n) is 12.5. The Bertz CT molecular complexity index is 656. The van der Waals surface area contributed by atoms with Crippen molar-refractivity contribution in [2.75, 3.05) is 7.11 Å². The first-order valence-corrected chi connectivity index (χ1v) is 6.87. The fourth-order valence-corrected chi connectivity index (χ4v) is 2.10. The summed E-state index contributed by atoms with van der Waals surface area (Å²) in [4.78, 5) is 24.2. The number of aryl methyl sites for hydroxylation is 1. The summed E-state index contributed by atoms with van der Waals surface area (Å²) in [6, 6.07) is 16.2. The highest BCUT2D eigenvalue weighted by molar-refractivity contribution is 5.97. The minimum absolute atomic E-state index is 0.366. The van der Waals surface area contributed by atoms with E-state index in [4.69, 9.17) is 4.74 Å². The third kappa shape index (κ3) is 3.71. The molecule has 22 heavy (non-hydrogen) atoms. The SMILES string of the molecule is COC(C(=O)NNC(=O)c1ccccc1C)c1ccccc1. The molecule has 0 heterocycles. The molecule has 0 fully saturated rings. The van der Waals surface area contributed by atoms with Gasteiger partial charge >= 0.3 is 0 Å². The van der Waals surface area contributed by atoms with Gasteiger partial charge in [0.25, 0.3) is 11.8 Å². The summed E-state index contributed by atoms with van der Waals surface area (Å²) in [7, 11) is 1.44. The van der Waals surface area contributed by atoms with Gasteiger partial charge < -0.3 is 4.74 Å². The second kappa shape index (κ2) is 7.38. The first kappa shape index (κ1) is 15.7. The Balaban J connectivity index is 2.00. The van der Waals surface area contributed by atoms with Crippen molar-refractivity contribution < 1.29 is 14.3 Å². The molecule has 0 saturated heterocycles. The van der Waals surface area contributed by atoms with Gasteiger partial charge in [-0.1, -0.05) is 48.5 Å². The second-order valence-corrected chi connectivity index (χ2v) is 4.78. The Morgan fingerprint density at radius 2 is 1.59 bits per heavy atom. The molecule has 0 radical (unpaired) electrons. The lowest BCUT2D eigenvalue weighted by Gasteiger charge is -2.16. The van der Waals surface area contributed by atoms with Gasteiger partial charge in [-0.25, -0.2) is 0 Å². The number of amides is 2. The maximum absolute atomic E-state index is 12.1. The molecule has 5 heteroatoms. The molecule has 0 spiro atoms. The molecule has 2 N–H and O–H groups in total. The lowest BCUT2D eigenvalue weighted by atomic mass is 10.1. The highest BCUT2D eigenvalue weighted by atomic mass is 16.5. The van der Waals surface area contributed by atoms with Crippen LogP contribution in [0.3, 0.4) is 0 Å². The first-order chi connectivity index (χ1) is 10.6. The average molecular weight is 298 g/mol. The molecule has 0 aliphatic carbocycles. The van der Waals surface area contributed by atoms with Gasteiger partial charge in [0.1, 0.15) is 0 Å². The number of hydrazine groups is 1. The normalized spacial score (nSPS) is 11.5. The summed E-state index contributed by atoms with van der Waals surface area (Å²) in [5.74, 6) is -0.801. The maximum atomic E-state index is 12.1. The van der Waals surface area contributed by atoms with E-state index in [-0.39, 0.29) is 5.91 Å². The average Bonchev–Trinajstić information content (AvgIpc) is 2.55. The van der Waals surface area contributed by atoms with Crippen LogP contribution in [0.2, 0.25) is 0 Å². The number of rotatable bonds is 4. The molecule has 2 aromatic rings. The first-order valence-electron chi connectivity index (χ1n) is 6.87. The van der Waals surface area contributed by atoms with Crippen molar-refractivity contribution in [1.82, 2.24) is 10.9 Å². The van der Waals surface area contributed by atoms with Crippen LogP contribution in [-0.4, -0.2) is 18.9 Å². The van der Waals surface area contributed by atoms with E-state index in [2.05, 4.69) is 10.9 Å². The minimum atomic E-state index is -0.779. The highest BCUT2D eigenvalue weighted by Crippen LogP contribution is 2.15. The van der Waals surface area contributed by atoms with Gasteiger partial charge in [-0.05, 0) is 24.1 Å². The molecule has 0 aromatic heterocycles. The molecule has 2 aromatic carbocycles.